The summed E-state index contributed by atoms with van der Waals surface area (Å²) in [5.41, 5.74) is 0. The number of carboxylic acids is 1. The van der Waals surface area contributed by atoms with E-state index in [1.165, 1.54) is 96.3 Å². The van der Waals surface area contributed by atoms with Crippen molar-refractivity contribution in [3.05, 3.63) is 60.8 Å². The second kappa shape index (κ2) is 53.1. The molecule has 0 spiro atoms. The van der Waals surface area contributed by atoms with Gasteiger partial charge >= 0.3 is 23.9 Å². The van der Waals surface area contributed by atoms with Crippen molar-refractivity contribution in [1.82, 2.24) is 0 Å². The first kappa shape index (κ1) is 71.4. The predicted octanol–water partition coefficient (Wildman–Crippen LogP) is 16.3. The molecule has 77 heavy (non-hydrogen) atoms. The number of aliphatic hydroxyl groups excluding tert-OH is 2. The van der Waals surface area contributed by atoms with Crippen molar-refractivity contribution < 1.29 is 58.2 Å². The van der Waals surface area contributed by atoms with Gasteiger partial charge in [0.05, 0.1) is 6.61 Å². The van der Waals surface area contributed by atoms with Gasteiger partial charge in [-0.15, -0.1) is 0 Å². The molecule has 0 aromatic rings. The molecular formula is C65H112O12. The molecule has 12 nitrogen and oxygen atoms in total. The lowest BCUT2D eigenvalue weighted by atomic mass is 9.98. The second-order valence-electron chi connectivity index (χ2n) is 21.3. The second-order valence-corrected chi connectivity index (χ2v) is 21.3. The lowest BCUT2D eigenvalue weighted by molar-refractivity contribution is -0.301. The molecule has 0 aromatic heterocycles. The van der Waals surface area contributed by atoms with E-state index in [1.807, 2.05) is 0 Å². The van der Waals surface area contributed by atoms with Crippen molar-refractivity contribution in [2.75, 3.05) is 13.2 Å². The third-order valence-electron chi connectivity index (χ3n) is 14.1. The Morgan fingerprint density at radius 3 is 1.30 bits per heavy atom. The first-order chi connectivity index (χ1) is 37.6. The highest BCUT2D eigenvalue weighted by atomic mass is 16.7. The summed E-state index contributed by atoms with van der Waals surface area (Å²) < 4.78 is 28.5. The average Bonchev–Trinajstić information content (AvgIpc) is 3.42. The minimum Gasteiger partial charge on any atom is -0.479 e. The number of esters is 3. The lowest BCUT2D eigenvalue weighted by Crippen LogP contribution is -2.61. The molecule has 0 radical (unpaired) electrons. The Bertz CT molecular complexity index is 1570. The molecule has 1 saturated heterocycles. The SMILES string of the molecule is CC/C=C\C/C=C\C/C=C\CCCCCCCC(=O)OC1C(OCC(COC(=O)CCCCCCCCCCCCCCCCCCCCC)OC(=O)CCCCCCC/C=C\C/C=C\CCC)OC(C(=O)O)C(O)C1O. The van der Waals surface area contributed by atoms with Crippen LogP contribution in [0.25, 0.3) is 0 Å². The van der Waals surface area contributed by atoms with Gasteiger partial charge in [0.15, 0.2) is 24.6 Å². The van der Waals surface area contributed by atoms with Crippen molar-refractivity contribution in [2.45, 2.75) is 314 Å². The summed E-state index contributed by atoms with van der Waals surface area (Å²) in [4.78, 5) is 51.2. The quantitative estimate of drug-likeness (QED) is 0.0228. The molecule has 1 heterocycles. The zero-order valence-electron chi connectivity index (χ0n) is 49.0. The Morgan fingerprint density at radius 2 is 0.844 bits per heavy atom. The summed E-state index contributed by atoms with van der Waals surface area (Å²) in [5.74, 6) is -3.14. The number of allylic oxidation sites excluding steroid dienone is 10. The Balaban J connectivity index is 2.65. The molecule has 3 N–H and O–H groups in total. The van der Waals surface area contributed by atoms with Crippen molar-refractivity contribution in [3.8, 4) is 0 Å². The van der Waals surface area contributed by atoms with E-state index in [4.69, 9.17) is 23.7 Å². The van der Waals surface area contributed by atoms with Gasteiger partial charge in [0, 0.05) is 19.3 Å². The lowest BCUT2D eigenvalue weighted by Gasteiger charge is -2.40. The molecule has 0 aromatic carbocycles. The van der Waals surface area contributed by atoms with Crippen LogP contribution in [0.5, 0.6) is 0 Å². The highest BCUT2D eigenvalue weighted by Crippen LogP contribution is 2.27. The molecular weight excluding hydrogens is 973 g/mol. The van der Waals surface area contributed by atoms with Crippen LogP contribution in [0.1, 0.15) is 278 Å². The van der Waals surface area contributed by atoms with Crippen LogP contribution in [0.15, 0.2) is 60.8 Å². The van der Waals surface area contributed by atoms with Gasteiger partial charge in [-0.25, -0.2) is 4.79 Å². The Morgan fingerprint density at radius 1 is 0.442 bits per heavy atom. The van der Waals surface area contributed by atoms with E-state index in [2.05, 4.69) is 81.5 Å². The van der Waals surface area contributed by atoms with Crippen LogP contribution in [0, 0.1) is 0 Å². The number of carbonyl (C=O) groups excluding carboxylic acids is 3. The normalized spacial score (nSPS) is 18.4. The van der Waals surface area contributed by atoms with E-state index < -0.39 is 67.3 Å². The molecule has 12 heteroatoms. The van der Waals surface area contributed by atoms with Crippen LogP contribution in [0.4, 0.5) is 0 Å². The number of rotatable bonds is 53. The third-order valence-corrected chi connectivity index (χ3v) is 14.1. The number of carboxylic acid groups (broad SMARTS) is 1. The summed E-state index contributed by atoms with van der Waals surface area (Å²) in [5, 5.41) is 31.5. The topological polar surface area (TPSA) is 175 Å². The van der Waals surface area contributed by atoms with Gasteiger partial charge in [-0.1, -0.05) is 242 Å². The monoisotopic (exact) mass is 1080 g/mol. The maximum absolute atomic E-state index is 13.1. The van der Waals surface area contributed by atoms with Gasteiger partial charge in [0.2, 0.25) is 0 Å². The highest BCUT2D eigenvalue weighted by Gasteiger charge is 2.50. The fourth-order valence-corrected chi connectivity index (χ4v) is 9.30. The molecule has 1 fully saturated rings. The van der Waals surface area contributed by atoms with Crippen LogP contribution in [0.3, 0.4) is 0 Å². The Hall–Kier alpha value is -3.58. The molecule has 1 aliphatic heterocycles. The van der Waals surface area contributed by atoms with Gasteiger partial charge < -0.3 is 39.0 Å². The average molecular weight is 1090 g/mol. The number of unbranched alkanes of at least 4 members (excludes halogenated alkanes) is 29. The maximum atomic E-state index is 13.1. The molecule has 0 saturated carbocycles. The molecule has 0 bridgehead atoms. The largest absolute Gasteiger partial charge is 0.479 e. The molecule has 0 aliphatic carbocycles. The summed E-state index contributed by atoms with van der Waals surface area (Å²) in [7, 11) is 0. The van der Waals surface area contributed by atoms with E-state index in [1.54, 1.807) is 0 Å². The molecule has 6 atom stereocenters. The van der Waals surface area contributed by atoms with Crippen molar-refractivity contribution >= 4 is 23.9 Å². The third kappa shape index (κ3) is 43.0. The minimum atomic E-state index is -1.91. The first-order valence-corrected chi connectivity index (χ1v) is 31.3. The summed E-state index contributed by atoms with van der Waals surface area (Å²) in [6, 6.07) is 0. The number of carbonyl (C=O) groups is 4. The number of aliphatic hydroxyl groups is 2. The fourth-order valence-electron chi connectivity index (χ4n) is 9.30. The first-order valence-electron chi connectivity index (χ1n) is 31.3. The van der Waals surface area contributed by atoms with Crippen LogP contribution < -0.4 is 0 Å². The zero-order valence-corrected chi connectivity index (χ0v) is 49.0. The number of aliphatic carboxylic acids is 1. The van der Waals surface area contributed by atoms with E-state index in [0.29, 0.717) is 19.3 Å². The van der Waals surface area contributed by atoms with Crippen LogP contribution >= 0.6 is 0 Å². The van der Waals surface area contributed by atoms with E-state index in [0.717, 1.165) is 122 Å². The van der Waals surface area contributed by atoms with E-state index in [9.17, 15) is 34.5 Å². The van der Waals surface area contributed by atoms with Crippen molar-refractivity contribution in [1.29, 1.82) is 0 Å². The van der Waals surface area contributed by atoms with Gasteiger partial charge in [-0.2, -0.15) is 0 Å². The molecule has 1 aliphatic rings. The smallest absolute Gasteiger partial charge is 0.335 e. The minimum absolute atomic E-state index is 0.0395. The highest BCUT2D eigenvalue weighted by molar-refractivity contribution is 5.74. The molecule has 0 amide bonds. The summed E-state index contributed by atoms with van der Waals surface area (Å²) in [6.45, 7) is 5.82. The van der Waals surface area contributed by atoms with Gasteiger partial charge in [0.25, 0.3) is 0 Å². The van der Waals surface area contributed by atoms with E-state index in [-0.39, 0.29) is 25.9 Å². The number of hydrogen-bond acceptors (Lipinski definition) is 11. The number of hydrogen-bond donors (Lipinski definition) is 3. The number of ether oxygens (including phenoxy) is 5. The van der Waals surface area contributed by atoms with Gasteiger partial charge in [-0.05, 0) is 77.0 Å². The Kier molecular flexibility index (Phi) is 49.2. The Labute approximate surface area is 468 Å². The predicted molar refractivity (Wildman–Crippen MR) is 312 cm³/mol. The maximum Gasteiger partial charge on any atom is 0.335 e. The van der Waals surface area contributed by atoms with E-state index >= 15 is 0 Å². The summed E-state index contributed by atoms with van der Waals surface area (Å²) >= 11 is 0. The van der Waals surface area contributed by atoms with Crippen molar-refractivity contribution in [2.24, 2.45) is 0 Å². The standard InChI is InChI=1S/C65H112O12/c1-4-7-10-13-16-19-22-25-27-28-29-30-32-34-36-39-42-45-48-51-57(66)73-54-56(75-58(67)52-49-46-43-40-37-33-24-21-18-15-12-9-6-3)55-74-65-63(61(70)60(69)62(77-65)64(71)72)76-59(68)53-50-47-44-41-38-35-31-26-23-20-17-14-11-8-5-2/h8,11-12,15,17,20-21,24,26,31,56,60-63,65,69-70H,4-7,9-10,13-14,16,18-19,22-23,25,27-30,32-55H2,1-3H3,(H,71,72)/b11-8-,15-12-,20-17-,24-21-,31-26-. The van der Waals surface area contributed by atoms with Crippen LogP contribution in [-0.2, 0) is 42.9 Å². The zero-order chi connectivity index (χ0) is 56.1. The van der Waals surface area contributed by atoms with Crippen LogP contribution in [-0.4, -0.2) is 89.2 Å². The summed E-state index contributed by atoms with van der Waals surface area (Å²) in [6.07, 6.45) is 53.3. The molecule has 1 rings (SSSR count). The van der Waals surface area contributed by atoms with Gasteiger partial charge in [-0.3, -0.25) is 14.4 Å². The van der Waals surface area contributed by atoms with Crippen LogP contribution in [0.2, 0.25) is 0 Å². The van der Waals surface area contributed by atoms with Gasteiger partial charge in [0.1, 0.15) is 18.8 Å². The fraction of sp³-hybridized carbons (Fsp3) is 0.785. The molecule has 6 unspecified atom stereocenters. The molecule has 444 valence electrons. The van der Waals surface area contributed by atoms with Crippen molar-refractivity contribution in [3.63, 3.8) is 0 Å².